The van der Waals surface area contributed by atoms with E-state index in [1.807, 2.05) is 17.5 Å². The summed E-state index contributed by atoms with van der Waals surface area (Å²) in [6.45, 7) is 1.71. The van der Waals surface area contributed by atoms with E-state index in [1.54, 1.807) is 6.92 Å². The molecule has 0 saturated heterocycles. The van der Waals surface area contributed by atoms with E-state index >= 15 is 0 Å². The van der Waals surface area contributed by atoms with Gasteiger partial charge in [-0.1, -0.05) is 18.2 Å². The van der Waals surface area contributed by atoms with Gasteiger partial charge in [-0.05, 0) is 30.5 Å². The van der Waals surface area contributed by atoms with Gasteiger partial charge in [-0.3, -0.25) is 0 Å². The molecular weight excluding hydrogens is 330 g/mol. The van der Waals surface area contributed by atoms with Crippen molar-refractivity contribution in [1.82, 2.24) is 4.72 Å². The second kappa shape index (κ2) is 5.88. The van der Waals surface area contributed by atoms with E-state index in [4.69, 9.17) is 0 Å². The highest BCUT2D eigenvalue weighted by molar-refractivity contribution is 7.93. The van der Waals surface area contributed by atoms with Gasteiger partial charge in [0.25, 0.3) is 0 Å². The van der Waals surface area contributed by atoms with E-state index in [-0.39, 0.29) is 9.79 Å². The van der Waals surface area contributed by atoms with Crippen molar-refractivity contribution in [1.29, 1.82) is 0 Å². The fourth-order valence-electron chi connectivity index (χ4n) is 1.87. The molecule has 0 unspecified atom stereocenters. The van der Waals surface area contributed by atoms with Crippen LogP contribution in [0.15, 0.2) is 51.6 Å². The highest BCUT2D eigenvalue weighted by atomic mass is 32.2. The van der Waals surface area contributed by atoms with Crippen molar-refractivity contribution in [2.75, 3.05) is 6.26 Å². The molecule has 0 aliphatic rings. The maximum absolute atomic E-state index is 12.4. The Morgan fingerprint density at radius 2 is 1.62 bits per heavy atom. The minimum Gasteiger partial charge on any atom is -0.224 e. The molecule has 0 amide bonds. The van der Waals surface area contributed by atoms with Gasteiger partial charge in [0.1, 0.15) is 4.90 Å². The molecule has 0 aliphatic heterocycles. The van der Waals surface area contributed by atoms with Gasteiger partial charge in [-0.2, -0.15) is 0 Å². The Morgan fingerprint density at radius 3 is 2.14 bits per heavy atom. The molecule has 5 nitrogen and oxygen atoms in total. The Labute approximate surface area is 128 Å². The van der Waals surface area contributed by atoms with Crippen molar-refractivity contribution in [3.8, 4) is 0 Å². The summed E-state index contributed by atoms with van der Waals surface area (Å²) in [5.74, 6) is 0. The summed E-state index contributed by atoms with van der Waals surface area (Å²) in [6, 6.07) is 8.80. The van der Waals surface area contributed by atoms with Crippen LogP contribution in [0.25, 0.3) is 0 Å². The van der Waals surface area contributed by atoms with Crippen molar-refractivity contribution in [3.05, 3.63) is 46.7 Å². The molecule has 1 atom stereocenters. The normalized spacial score (nSPS) is 14.0. The van der Waals surface area contributed by atoms with Gasteiger partial charge in [0.05, 0.1) is 10.9 Å². The van der Waals surface area contributed by atoms with Crippen LogP contribution in [0.4, 0.5) is 0 Å². The van der Waals surface area contributed by atoms with Crippen LogP contribution in [0.2, 0.25) is 0 Å². The molecule has 1 heterocycles. The summed E-state index contributed by atoms with van der Waals surface area (Å²) in [5.41, 5.74) is 0. The Kier molecular flexibility index (Phi) is 4.52. The third-order valence-corrected chi connectivity index (χ3v) is 6.78. The average molecular weight is 345 g/mol. The number of thiophene rings is 1. The van der Waals surface area contributed by atoms with Crippen LogP contribution in [0.5, 0.6) is 0 Å². The first kappa shape index (κ1) is 16.2. The maximum Gasteiger partial charge on any atom is 0.242 e. The van der Waals surface area contributed by atoms with E-state index in [2.05, 4.69) is 4.72 Å². The molecule has 2 aromatic rings. The lowest BCUT2D eigenvalue weighted by Crippen LogP contribution is -2.27. The van der Waals surface area contributed by atoms with E-state index in [9.17, 15) is 16.8 Å². The number of hydrogen-bond acceptors (Lipinski definition) is 5. The summed E-state index contributed by atoms with van der Waals surface area (Å²) in [6.07, 6.45) is 0.990. The highest BCUT2D eigenvalue weighted by Gasteiger charge is 2.25. The van der Waals surface area contributed by atoms with Crippen molar-refractivity contribution in [3.63, 3.8) is 0 Å². The molecule has 21 heavy (non-hydrogen) atoms. The van der Waals surface area contributed by atoms with Crippen LogP contribution < -0.4 is 4.72 Å². The largest absolute Gasteiger partial charge is 0.242 e. The predicted octanol–water partition coefficient (Wildman–Crippen LogP) is 2.19. The van der Waals surface area contributed by atoms with Crippen molar-refractivity contribution >= 4 is 31.2 Å². The predicted molar refractivity (Wildman–Crippen MR) is 82.6 cm³/mol. The fraction of sp³-hybridized carbons (Fsp3) is 0.231. The van der Waals surface area contributed by atoms with E-state index in [0.717, 1.165) is 11.1 Å². The third-order valence-electron chi connectivity index (χ3n) is 2.84. The second-order valence-electron chi connectivity index (χ2n) is 4.58. The number of benzene rings is 1. The molecular formula is C13H15NO4S3. The van der Waals surface area contributed by atoms with Crippen molar-refractivity contribution in [2.24, 2.45) is 0 Å². The molecule has 1 N–H and O–H groups in total. The molecule has 2 rings (SSSR count). The van der Waals surface area contributed by atoms with Gasteiger partial charge in [0.2, 0.25) is 10.0 Å². The van der Waals surface area contributed by atoms with Crippen LogP contribution in [0.3, 0.4) is 0 Å². The zero-order chi connectivity index (χ0) is 15.7. The summed E-state index contributed by atoms with van der Waals surface area (Å²) in [7, 11) is -7.54. The number of nitrogens with one attached hydrogen (secondary N) is 1. The summed E-state index contributed by atoms with van der Waals surface area (Å²) in [4.78, 5) is 0.433. The second-order valence-corrected chi connectivity index (χ2v) is 9.22. The molecule has 0 fully saturated rings. The molecule has 0 bridgehead atoms. The first-order chi connectivity index (χ1) is 9.72. The Hall–Kier alpha value is -1.22. The molecule has 0 saturated carbocycles. The average Bonchev–Trinajstić information content (AvgIpc) is 2.91. The molecule has 0 spiro atoms. The monoisotopic (exact) mass is 345 g/mol. The third kappa shape index (κ3) is 3.70. The van der Waals surface area contributed by atoms with Gasteiger partial charge in [0.15, 0.2) is 9.84 Å². The van der Waals surface area contributed by atoms with Gasteiger partial charge in [0, 0.05) is 11.1 Å². The fourth-order valence-corrected chi connectivity index (χ4v) is 5.53. The van der Waals surface area contributed by atoms with Gasteiger partial charge in [-0.25, -0.2) is 21.6 Å². The van der Waals surface area contributed by atoms with E-state index in [1.165, 1.54) is 35.6 Å². The minimum atomic E-state index is -3.92. The van der Waals surface area contributed by atoms with Crippen LogP contribution in [0.1, 0.15) is 17.8 Å². The molecule has 114 valence electrons. The summed E-state index contributed by atoms with van der Waals surface area (Å²) < 4.78 is 50.8. The zero-order valence-electron chi connectivity index (χ0n) is 11.5. The molecule has 0 aliphatic carbocycles. The SMILES string of the molecule is C[C@H](NS(=O)(=O)c1ccccc1S(C)(=O)=O)c1cccs1. The van der Waals surface area contributed by atoms with E-state index < -0.39 is 25.9 Å². The van der Waals surface area contributed by atoms with Crippen molar-refractivity contribution < 1.29 is 16.8 Å². The molecule has 8 heteroatoms. The molecule has 0 radical (unpaired) electrons. The lowest BCUT2D eigenvalue weighted by molar-refractivity contribution is 0.563. The molecule has 1 aromatic carbocycles. The van der Waals surface area contributed by atoms with Crippen LogP contribution in [-0.4, -0.2) is 23.1 Å². The summed E-state index contributed by atoms with van der Waals surface area (Å²) >= 11 is 1.43. The Balaban J connectivity index is 2.42. The smallest absolute Gasteiger partial charge is 0.224 e. The number of hydrogen-bond donors (Lipinski definition) is 1. The summed E-state index contributed by atoms with van der Waals surface area (Å²) in [5, 5.41) is 1.85. The highest BCUT2D eigenvalue weighted by Crippen LogP contribution is 2.24. The Bertz CT molecular complexity index is 824. The van der Waals surface area contributed by atoms with Crippen molar-refractivity contribution in [2.45, 2.75) is 22.8 Å². The first-order valence-electron chi connectivity index (χ1n) is 6.06. The zero-order valence-corrected chi connectivity index (χ0v) is 13.9. The number of sulfone groups is 1. The molecule has 1 aromatic heterocycles. The standard InChI is InChI=1S/C13H15NO4S3/c1-10(11-6-5-9-19-11)14-21(17,18)13-8-4-3-7-12(13)20(2,15)16/h3-10,14H,1-2H3/t10-/m0/s1. The van der Waals surface area contributed by atoms with Crippen LogP contribution in [0, 0.1) is 0 Å². The minimum absolute atomic E-state index is 0.198. The lowest BCUT2D eigenvalue weighted by Gasteiger charge is -2.14. The lowest BCUT2D eigenvalue weighted by atomic mass is 10.3. The quantitative estimate of drug-likeness (QED) is 0.901. The Morgan fingerprint density at radius 1 is 1.00 bits per heavy atom. The van der Waals surface area contributed by atoms with Crippen LogP contribution >= 0.6 is 11.3 Å². The number of rotatable bonds is 5. The van der Waals surface area contributed by atoms with Gasteiger partial charge >= 0.3 is 0 Å². The maximum atomic E-state index is 12.4. The first-order valence-corrected chi connectivity index (χ1v) is 10.3. The van der Waals surface area contributed by atoms with Gasteiger partial charge < -0.3 is 0 Å². The topological polar surface area (TPSA) is 80.3 Å². The number of sulfonamides is 1. The van der Waals surface area contributed by atoms with Gasteiger partial charge in [-0.15, -0.1) is 11.3 Å². The van der Waals surface area contributed by atoms with E-state index in [0.29, 0.717) is 0 Å². The van der Waals surface area contributed by atoms with Crippen LogP contribution in [-0.2, 0) is 19.9 Å².